The van der Waals surface area contributed by atoms with Gasteiger partial charge in [-0.25, -0.2) is 0 Å². The van der Waals surface area contributed by atoms with Crippen molar-refractivity contribution in [3.63, 3.8) is 0 Å². The molecule has 5 heteroatoms. The summed E-state index contributed by atoms with van der Waals surface area (Å²) in [5.74, 6) is 0.665. The van der Waals surface area contributed by atoms with Gasteiger partial charge in [-0.2, -0.15) is 0 Å². The lowest BCUT2D eigenvalue weighted by Crippen LogP contribution is -2.31. The van der Waals surface area contributed by atoms with Gasteiger partial charge >= 0.3 is 0 Å². The molecule has 0 saturated carbocycles. The SMILES string of the molecule is CCOc1ccc(C(=O)CCC(=O)NCC2CCCO2)cc1C. The van der Waals surface area contributed by atoms with Gasteiger partial charge in [0.1, 0.15) is 5.75 Å². The first-order valence-electron chi connectivity index (χ1n) is 8.25. The van der Waals surface area contributed by atoms with E-state index in [0.29, 0.717) is 18.7 Å². The smallest absolute Gasteiger partial charge is 0.220 e. The highest BCUT2D eigenvalue weighted by atomic mass is 16.5. The zero-order valence-electron chi connectivity index (χ0n) is 13.9. The van der Waals surface area contributed by atoms with Crippen molar-refractivity contribution in [1.82, 2.24) is 5.32 Å². The Bertz CT molecular complexity index is 550. The summed E-state index contributed by atoms with van der Waals surface area (Å²) >= 11 is 0. The topological polar surface area (TPSA) is 64.6 Å². The molecule has 5 nitrogen and oxygen atoms in total. The molecular weight excluding hydrogens is 294 g/mol. The van der Waals surface area contributed by atoms with Crippen molar-refractivity contribution >= 4 is 11.7 Å². The van der Waals surface area contributed by atoms with Gasteiger partial charge in [-0.15, -0.1) is 0 Å². The number of carbonyl (C=O) groups excluding carboxylic acids is 2. The highest BCUT2D eigenvalue weighted by molar-refractivity contribution is 5.98. The molecule has 0 aromatic heterocycles. The van der Waals surface area contributed by atoms with E-state index in [2.05, 4.69) is 5.32 Å². The van der Waals surface area contributed by atoms with Crippen LogP contribution in [-0.2, 0) is 9.53 Å². The summed E-state index contributed by atoms with van der Waals surface area (Å²) < 4.78 is 10.9. The van der Waals surface area contributed by atoms with E-state index in [1.165, 1.54) is 0 Å². The van der Waals surface area contributed by atoms with E-state index in [1.54, 1.807) is 6.07 Å². The molecule has 1 unspecified atom stereocenters. The fourth-order valence-electron chi connectivity index (χ4n) is 2.63. The van der Waals surface area contributed by atoms with E-state index in [-0.39, 0.29) is 30.6 Å². The monoisotopic (exact) mass is 319 g/mol. The number of ketones is 1. The Morgan fingerprint density at radius 1 is 1.35 bits per heavy atom. The van der Waals surface area contributed by atoms with Crippen molar-refractivity contribution in [1.29, 1.82) is 0 Å². The van der Waals surface area contributed by atoms with Crippen LogP contribution in [0, 0.1) is 6.92 Å². The quantitative estimate of drug-likeness (QED) is 0.748. The van der Waals surface area contributed by atoms with Crippen LogP contribution in [-0.4, -0.2) is 37.6 Å². The van der Waals surface area contributed by atoms with Gasteiger partial charge in [0.25, 0.3) is 0 Å². The first kappa shape index (κ1) is 17.5. The van der Waals surface area contributed by atoms with Crippen molar-refractivity contribution < 1.29 is 19.1 Å². The van der Waals surface area contributed by atoms with Gasteiger partial charge in [-0.3, -0.25) is 9.59 Å². The number of ether oxygens (including phenoxy) is 2. The van der Waals surface area contributed by atoms with Crippen LogP contribution in [0.25, 0.3) is 0 Å². The summed E-state index contributed by atoms with van der Waals surface area (Å²) in [5, 5.41) is 2.83. The van der Waals surface area contributed by atoms with Crippen LogP contribution < -0.4 is 10.1 Å². The number of amides is 1. The predicted molar refractivity (Wildman–Crippen MR) is 87.9 cm³/mol. The molecule has 1 aliphatic heterocycles. The Morgan fingerprint density at radius 3 is 2.83 bits per heavy atom. The van der Waals surface area contributed by atoms with Gasteiger partial charge in [-0.05, 0) is 50.5 Å². The van der Waals surface area contributed by atoms with E-state index in [4.69, 9.17) is 9.47 Å². The fraction of sp³-hybridized carbons (Fsp3) is 0.556. The van der Waals surface area contributed by atoms with Crippen LogP contribution in [0.15, 0.2) is 18.2 Å². The largest absolute Gasteiger partial charge is 0.494 e. The summed E-state index contributed by atoms with van der Waals surface area (Å²) in [4.78, 5) is 24.0. The molecule has 1 amide bonds. The maximum Gasteiger partial charge on any atom is 0.220 e. The third-order valence-corrected chi connectivity index (χ3v) is 3.93. The lowest BCUT2D eigenvalue weighted by molar-refractivity contribution is -0.121. The first-order valence-corrected chi connectivity index (χ1v) is 8.25. The van der Waals surface area contributed by atoms with Gasteiger partial charge in [0.05, 0.1) is 12.7 Å². The van der Waals surface area contributed by atoms with E-state index in [9.17, 15) is 9.59 Å². The Hall–Kier alpha value is -1.88. The zero-order valence-corrected chi connectivity index (χ0v) is 13.9. The Balaban J connectivity index is 1.77. The molecule has 0 radical (unpaired) electrons. The molecule has 1 saturated heterocycles. The lowest BCUT2D eigenvalue weighted by atomic mass is 10.0. The standard InChI is InChI=1S/C18H25NO4/c1-3-22-17-8-6-14(11-13(17)2)16(20)7-9-18(21)19-12-15-5-4-10-23-15/h6,8,11,15H,3-5,7,9-10,12H2,1-2H3,(H,19,21). The van der Waals surface area contributed by atoms with Gasteiger partial charge in [0.2, 0.25) is 5.91 Å². The first-order chi connectivity index (χ1) is 11.1. The van der Waals surface area contributed by atoms with Crippen LogP contribution in [0.2, 0.25) is 0 Å². The molecule has 0 spiro atoms. The molecule has 23 heavy (non-hydrogen) atoms. The maximum absolute atomic E-state index is 12.2. The fourth-order valence-corrected chi connectivity index (χ4v) is 2.63. The second-order valence-corrected chi connectivity index (χ2v) is 5.78. The molecule has 1 N–H and O–H groups in total. The van der Waals surface area contributed by atoms with Crippen LogP contribution >= 0.6 is 0 Å². The third-order valence-electron chi connectivity index (χ3n) is 3.93. The van der Waals surface area contributed by atoms with Crippen LogP contribution in [0.1, 0.15) is 48.5 Å². The summed E-state index contributed by atoms with van der Waals surface area (Å²) in [7, 11) is 0. The van der Waals surface area contributed by atoms with Crippen molar-refractivity contribution in [2.75, 3.05) is 19.8 Å². The molecule has 1 fully saturated rings. The molecule has 0 aliphatic carbocycles. The minimum absolute atomic E-state index is 0.0246. The lowest BCUT2D eigenvalue weighted by Gasteiger charge is -2.11. The van der Waals surface area contributed by atoms with E-state index < -0.39 is 0 Å². The second-order valence-electron chi connectivity index (χ2n) is 5.78. The van der Waals surface area contributed by atoms with Gasteiger partial charge in [0.15, 0.2) is 5.78 Å². The highest BCUT2D eigenvalue weighted by Crippen LogP contribution is 2.20. The number of hydrogen-bond acceptors (Lipinski definition) is 4. The molecule has 2 rings (SSSR count). The predicted octanol–water partition coefficient (Wildman–Crippen LogP) is 2.65. The van der Waals surface area contributed by atoms with Crippen molar-refractivity contribution in [2.24, 2.45) is 0 Å². The molecule has 1 aliphatic rings. The summed E-state index contributed by atoms with van der Waals surface area (Å²) in [5.41, 5.74) is 1.55. The molecule has 1 atom stereocenters. The number of benzene rings is 1. The van der Waals surface area contributed by atoms with Gasteiger partial charge in [0, 0.05) is 31.6 Å². The molecule has 1 heterocycles. The van der Waals surface area contributed by atoms with E-state index >= 15 is 0 Å². The number of rotatable bonds is 8. The average molecular weight is 319 g/mol. The highest BCUT2D eigenvalue weighted by Gasteiger charge is 2.16. The summed E-state index contributed by atoms with van der Waals surface area (Å²) in [6.45, 7) is 5.74. The summed E-state index contributed by atoms with van der Waals surface area (Å²) in [6.07, 6.45) is 2.59. The third kappa shape index (κ3) is 5.36. The zero-order chi connectivity index (χ0) is 16.7. The van der Waals surface area contributed by atoms with Gasteiger partial charge in [-0.1, -0.05) is 0 Å². The number of nitrogens with one attached hydrogen (secondary N) is 1. The van der Waals surface area contributed by atoms with Crippen molar-refractivity contribution in [2.45, 2.75) is 45.6 Å². The number of Topliss-reactive ketones (excluding diaryl/α,β-unsaturated/α-hetero) is 1. The minimum atomic E-state index is -0.100. The van der Waals surface area contributed by atoms with Crippen LogP contribution in [0.5, 0.6) is 5.75 Å². The van der Waals surface area contributed by atoms with Crippen LogP contribution in [0.3, 0.4) is 0 Å². The normalized spacial score (nSPS) is 17.0. The number of hydrogen-bond donors (Lipinski definition) is 1. The van der Waals surface area contributed by atoms with Crippen molar-refractivity contribution in [3.8, 4) is 5.75 Å². The van der Waals surface area contributed by atoms with Crippen molar-refractivity contribution in [3.05, 3.63) is 29.3 Å². The summed E-state index contributed by atoms with van der Waals surface area (Å²) in [6, 6.07) is 5.38. The number of aryl methyl sites for hydroxylation is 1. The van der Waals surface area contributed by atoms with Gasteiger partial charge < -0.3 is 14.8 Å². The molecule has 126 valence electrons. The van der Waals surface area contributed by atoms with Crippen LogP contribution in [0.4, 0.5) is 0 Å². The minimum Gasteiger partial charge on any atom is -0.494 e. The molecule has 1 aromatic rings. The maximum atomic E-state index is 12.2. The number of carbonyl (C=O) groups is 2. The molecule has 1 aromatic carbocycles. The average Bonchev–Trinajstić information content (AvgIpc) is 3.06. The molecule has 0 bridgehead atoms. The Labute approximate surface area is 137 Å². The second kappa shape index (κ2) is 8.67. The van der Waals surface area contributed by atoms with E-state index in [1.807, 2.05) is 26.0 Å². The molecular formula is C18H25NO4. The van der Waals surface area contributed by atoms with E-state index in [0.717, 1.165) is 30.8 Å². The Kier molecular flexibility index (Phi) is 6.59. The Morgan fingerprint density at radius 2 is 2.17 bits per heavy atom.